The van der Waals surface area contributed by atoms with Crippen molar-refractivity contribution in [1.82, 2.24) is 0 Å². The van der Waals surface area contributed by atoms with Crippen molar-refractivity contribution in [3.05, 3.63) is 17.9 Å². The number of fused-ring (bicyclic) bond motifs is 2. The van der Waals surface area contributed by atoms with Crippen LogP contribution in [0.3, 0.4) is 0 Å². The zero-order valence-corrected chi connectivity index (χ0v) is 20.8. The molecule has 154 valence electrons. The zero-order valence-electron chi connectivity index (χ0n) is 18.8. The third-order valence-corrected chi connectivity index (χ3v) is 15.3. The second kappa shape index (κ2) is 8.19. The van der Waals surface area contributed by atoms with E-state index in [0.717, 1.165) is 53.2 Å². The molecule has 4 atom stereocenters. The van der Waals surface area contributed by atoms with Crippen LogP contribution >= 0.6 is 0 Å². The third-order valence-electron chi connectivity index (χ3n) is 7.23. The summed E-state index contributed by atoms with van der Waals surface area (Å²) < 4.78 is 13.3. The summed E-state index contributed by atoms with van der Waals surface area (Å²) in [6.45, 7) is 16.7. The van der Waals surface area contributed by atoms with Gasteiger partial charge in [0.1, 0.15) is 11.1 Å². The van der Waals surface area contributed by atoms with Gasteiger partial charge in [0, 0.05) is 6.42 Å². The molecular weight excluding hydrogens is 364 g/mol. The molecule has 4 heteroatoms. The lowest BCUT2D eigenvalue weighted by molar-refractivity contribution is 0.280. The van der Waals surface area contributed by atoms with Gasteiger partial charge < -0.3 is 8.53 Å². The zero-order chi connectivity index (χ0) is 19.8. The summed E-state index contributed by atoms with van der Waals surface area (Å²) in [6.07, 6.45) is 9.43. The molecule has 2 aliphatic rings. The van der Waals surface area contributed by atoms with Gasteiger partial charge in [-0.25, -0.2) is 0 Å². The van der Waals surface area contributed by atoms with E-state index >= 15 is 0 Å². The van der Waals surface area contributed by atoms with Crippen LogP contribution < -0.4 is 5.38 Å². The average Bonchev–Trinajstić information content (AvgIpc) is 3.27. The number of hydrogen-bond acceptors (Lipinski definition) is 2. The molecule has 2 bridgehead atoms. The van der Waals surface area contributed by atoms with Crippen molar-refractivity contribution in [3.63, 3.8) is 0 Å². The van der Waals surface area contributed by atoms with Crippen LogP contribution in [0.25, 0.3) is 0 Å². The van der Waals surface area contributed by atoms with Crippen molar-refractivity contribution in [2.75, 3.05) is 0 Å². The fraction of sp³-hybridized carbons (Fsp3) is 0.826. The summed E-state index contributed by atoms with van der Waals surface area (Å²) in [5, 5.41) is 1.14. The summed E-state index contributed by atoms with van der Waals surface area (Å²) in [5.41, 5.74) is 0.852. The molecule has 1 heterocycles. The number of aryl methyl sites for hydroxylation is 1. The molecule has 2 saturated carbocycles. The predicted molar refractivity (Wildman–Crippen MR) is 121 cm³/mol. The van der Waals surface area contributed by atoms with E-state index in [4.69, 9.17) is 8.53 Å². The molecule has 2 fully saturated rings. The fourth-order valence-corrected chi connectivity index (χ4v) is 15.5. The molecule has 27 heavy (non-hydrogen) atoms. The Kier molecular flexibility index (Phi) is 6.49. The van der Waals surface area contributed by atoms with E-state index in [9.17, 15) is 0 Å². The first-order valence-corrected chi connectivity index (χ1v) is 17.3. The SMILES string of the molecule is CCCc1ccc([Si](C)(C)O[Si](C)(C)C2C[C@@H]3C[C@H](CCC(C)C)[C@H]2C3)o1. The molecule has 0 aromatic carbocycles. The highest BCUT2D eigenvalue weighted by Gasteiger charge is 2.54. The normalized spacial score (nSPS) is 28.4. The Labute approximate surface area is 169 Å². The van der Waals surface area contributed by atoms with Gasteiger partial charge in [-0.05, 0) is 99.6 Å². The Hall–Kier alpha value is -0.326. The number of hydrogen-bond donors (Lipinski definition) is 0. The fourth-order valence-electron chi connectivity index (χ4n) is 6.04. The van der Waals surface area contributed by atoms with Crippen LogP contribution in [0.4, 0.5) is 0 Å². The van der Waals surface area contributed by atoms with Gasteiger partial charge in [0.2, 0.25) is 8.32 Å². The second-order valence-corrected chi connectivity index (χ2v) is 19.1. The Morgan fingerprint density at radius 3 is 2.48 bits per heavy atom. The molecular formula is C23H42O2Si2. The maximum Gasteiger partial charge on any atom is 0.247 e. The first kappa shape index (κ1) is 21.4. The van der Waals surface area contributed by atoms with Crippen molar-refractivity contribution >= 4 is 22.0 Å². The molecule has 0 aliphatic heterocycles. The van der Waals surface area contributed by atoms with Crippen LogP contribution in [-0.2, 0) is 10.5 Å². The smallest absolute Gasteiger partial charge is 0.247 e. The minimum atomic E-state index is -1.98. The first-order chi connectivity index (χ1) is 12.6. The average molecular weight is 407 g/mol. The van der Waals surface area contributed by atoms with Gasteiger partial charge in [-0.15, -0.1) is 0 Å². The van der Waals surface area contributed by atoms with E-state index < -0.39 is 16.6 Å². The Bertz CT molecular complexity index is 620. The monoisotopic (exact) mass is 406 g/mol. The quantitative estimate of drug-likeness (QED) is 0.425. The molecule has 0 spiro atoms. The van der Waals surface area contributed by atoms with Crippen molar-refractivity contribution in [1.29, 1.82) is 0 Å². The van der Waals surface area contributed by atoms with Crippen LogP contribution in [0.1, 0.15) is 65.1 Å². The van der Waals surface area contributed by atoms with Gasteiger partial charge in [-0.1, -0.05) is 27.2 Å². The topological polar surface area (TPSA) is 22.4 Å². The largest absolute Gasteiger partial charge is 0.468 e. The molecule has 2 nitrogen and oxygen atoms in total. The van der Waals surface area contributed by atoms with Crippen LogP contribution in [0.15, 0.2) is 16.5 Å². The molecule has 0 amide bonds. The van der Waals surface area contributed by atoms with E-state index in [1.165, 1.54) is 32.1 Å². The maximum absolute atomic E-state index is 7.10. The molecule has 3 rings (SSSR count). The number of rotatable bonds is 9. The standard InChI is InChI=1S/C23H42O2Si2/c1-8-9-20-12-13-23(24-20)27(6,7)25-26(4,5)22-16-18-14-19(21(22)15-18)11-10-17(2)3/h12-13,17-19,21-22H,8-11,14-16H2,1-7H3/t18-,19+,21-,22?/m1/s1. The van der Waals surface area contributed by atoms with E-state index in [1.807, 2.05) is 0 Å². The third kappa shape index (κ3) is 4.81. The Morgan fingerprint density at radius 1 is 1.11 bits per heavy atom. The summed E-state index contributed by atoms with van der Waals surface area (Å²) in [4.78, 5) is 0. The summed E-state index contributed by atoms with van der Waals surface area (Å²) in [5.74, 6) is 4.86. The molecule has 1 aromatic rings. The lowest BCUT2D eigenvalue weighted by Crippen LogP contribution is -2.55. The van der Waals surface area contributed by atoms with Crippen LogP contribution in [0.5, 0.6) is 0 Å². The molecule has 2 aliphatic carbocycles. The highest BCUT2D eigenvalue weighted by molar-refractivity contribution is 6.92. The van der Waals surface area contributed by atoms with Gasteiger partial charge >= 0.3 is 0 Å². The summed E-state index contributed by atoms with van der Waals surface area (Å²) in [6, 6.07) is 4.37. The lowest BCUT2D eigenvalue weighted by atomic mass is 9.83. The molecule has 0 saturated heterocycles. The second-order valence-electron chi connectivity index (χ2n) is 10.8. The minimum absolute atomic E-state index is 0.840. The van der Waals surface area contributed by atoms with E-state index in [2.05, 4.69) is 59.1 Å². The van der Waals surface area contributed by atoms with Gasteiger partial charge in [0.25, 0.3) is 0 Å². The molecule has 0 N–H and O–H groups in total. The van der Waals surface area contributed by atoms with Gasteiger partial charge in [-0.2, -0.15) is 0 Å². The van der Waals surface area contributed by atoms with E-state index in [0.29, 0.717) is 0 Å². The highest BCUT2D eigenvalue weighted by Crippen LogP contribution is 2.59. The van der Waals surface area contributed by atoms with Crippen molar-refractivity contribution < 1.29 is 8.53 Å². The lowest BCUT2D eigenvalue weighted by Gasteiger charge is -2.42. The van der Waals surface area contributed by atoms with Crippen molar-refractivity contribution in [3.8, 4) is 0 Å². The van der Waals surface area contributed by atoms with Gasteiger partial charge in [-0.3, -0.25) is 0 Å². The van der Waals surface area contributed by atoms with Crippen LogP contribution in [0, 0.1) is 23.7 Å². The van der Waals surface area contributed by atoms with Crippen LogP contribution in [0.2, 0.25) is 31.7 Å². The minimum Gasteiger partial charge on any atom is -0.468 e. The summed E-state index contributed by atoms with van der Waals surface area (Å²) in [7, 11) is -3.73. The van der Waals surface area contributed by atoms with Crippen LogP contribution in [-0.4, -0.2) is 16.6 Å². The Balaban J connectivity index is 1.68. The molecule has 1 aromatic heterocycles. The van der Waals surface area contributed by atoms with Crippen molar-refractivity contribution in [2.45, 2.75) is 97.4 Å². The van der Waals surface area contributed by atoms with E-state index in [1.54, 1.807) is 0 Å². The van der Waals surface area contributed by atoms with E-state index in [-0.39, 0.29) is 0 Å². The van der Waals surface area contributed by atoms with Crippen molar-refractivity contribution in [2.24, 2.45) is 23.7 Å². The van der Waals surface area contributed by atoms with Gasteiger partial charge in [0.15, 0.2) is 8.32 Å². The molecule has 1 unspecified atom stereocenters. The summed E-state index contributed by atoms with van der Waals surface area (Å²) >= 11 is 0. The van der Waals surface area contributed by atoms with Gasteiger partial charge in [0.05, 0.1) is 0 Å². The molecule has 0 radical (unpaired) electrons. The first-order valence-electron chi connectivity index (χ1n) is 11.4. The number of furan rings is 1. The predicted octanol–water partition coefficient (Wildman–Crippen LogP) is 6.72. The Morgan fingerprint density at radius 2 is 1.85 bits per heavy atom. The maximum atomic E-state index is 7.10. The highest BCUT2D eigenvalue weighted by atomic mass is 28.4.